The Balaban J connectivity index is 1.61. The summed E-state index contributed by atoms with van der Waals surface area (Å²) in [7, 11) is 0. The summed E-state index contributed by atoms with van der Waals surface area (Å²) in [5, 5.41) is 17.9. The van der Waals surface area contributed by atoms with E-state index in [2.05, 4.69) is 25.9 Å². The van der Waals surface area contributed by atoms with E-state index in [1.54, 1.807) is 41.2 Å². The monoisotopic (exact) mass is 383 g/mol. The Bertz CT molecular complexity index is 935. The molecular formula is C18H21N7O3. The molecule has 0 fully saturated rings. The number of ether oxygens (including phenoxy) is 1. The Labute approximate surface area is 161 Å². The summed E-state index contributed by atoms with van der Waals surface area (Å²) in [5.74, 6) is -0.460. The first-order valence-corrected chi connectivity index (χ1v) is 8.88. The summed E-state index contributed by atoms with van der Waals surface area (Å²) in [5.41, 5.74) is 1.02. The van der Waals surface area contributed by atoms with E-state index >= 15 is 0 Å². The summed E-state index contributed by atoms with van der Waals surface area (Å²) in [6.45, 7) is 5.56. The van der Waals surface area contributed by atoms with Crippen molar-refractivity contribution in [2.75, 3.05) is 5.32 Å². The molecule has 0 radical (unpaired) electrons. The summed E-state index contributed by atoms with van der Waals surface area (Å²) in [6, 6.07) is 8.38. The third kappa shape index (κ3) is 4.22. The van der Waals surface area contributed by atoms with Crippen molar-refractivity contribution >= 4 is 17.7 Å². The highest BCUT2D eigenvalue weighted by Gasteiger charge is 2.21. The minimum atomic E-state index is -0.966. The van der Waals surface area contributed by atoms with Gasteiger partial charge in [0.15, 0.2) is 6.10 Å². The lowest BCUT2D eigenvalue weighted by atomic mass is 10.2. The Morgan fingerprint density at radius 3 is 2.57 bits per heavy atom. The molecule has 2 aromatic heterocycles. The van der Waals surface area contributed by atoms with Crippen LogP contribution < -0.4 is 5.32 Å². The van der Waals surface area contributed by atoms with Crippen LogP contribution in [0.2, 0.25) is 0 Å². The van der Waals surface area contributed by atoms with Crippen LogP contribution in [-0.4, -0.2) is 48.0 Å². The largest absolute Gasteiger partial charge is 0.449 e. The van der Waals surface area contributed by atoms with Gasteiger partial charge in [0.2, 0.25) is 0 Å². The van der Waals surface area contributed by atoms with Crippen LogP contribution in [0, 0.1) is 0 Å². The van der Waals surface area contributed by atoms with Crippen molar-refractivity contribution in [3.63, 3.8) is 0 Å². The molecule has 0 unspecified atom stereocenters. The predicted molar refractivity (Wildman–Crippen MR) is 99.9 cm³/mol. The summed E-state index contributed by atoms with van der Waals surface area (Å²) in [6.07, 6.45) is 2.97. The highest BCUT2D eigenvalue weighted by atomic mass is 16.5. The van der Waals surface area contributed by atoms with Crippen LogP contribution in [0.25, 0.3) is 5.69 Å². The number of carbonyl (C=O) groups excluding carboxylic acids is 2. The number of tetrazole rings is 1. The van der Waals surface area contributed by atoms with Crippen LogP contribution in [0.4, 0.5) is 5.82 Å². The maximum absolute atomic E-state index is 12.4. The maximum Gasteiger partial charge on any atom is 0.338 e. The number of nitrogens with zero attached hydrogens (tertiary/aromatic N) is 6. The molecule has 1 aromatic carbocycles. The highest BCUT2D eigenvalue weighted by molar-refractivity contribution is 5.96. The number of aromatic nitrogens is 6. The lowest BCUT2D eigenvalue weighted by Crippen LogP contribution is -2.31. The van der Waals surface area contributed by atoms with Gasteiger partial charge in [-0.1, -0.05) is 6.92 Å². The zero-order chi connectivity index (χ0) is 20.1. The molecule has 0 saturated heterocycles. The van der Waals surface area contributed by atoms with Crippen molar-refractivity contribution in [2.45, 2.75) is 39.3 Å². The Kier molecular flexibility index (Phi) is 5.78. The van der Waals surface area contributed by atoms with Gasteiger partial charge in [0, 0.05) is 6.07 Å². The summed E-state index contributed by atoms with van der Waals surface area (Å²) in [4.78, 5) is 24.7. The Morgan fingerprint density at radius 2 is 1.93 bits per heavy atom. The van der Waals surface area contributed by atoms with Crippen molar-refractivity contribution in [2.24, 2.45) is 0 Å². The molecule has 10 heteroatoms. The number of anilines is 1. The molecule has 3 rings (SSSR count). The van der Waals surface area contributed by atoms with Crippen molar-refractivity contribution in [3.8, 4) is 5.69 Å². The van der Waals surface area contributed by atoms with E-state index in [0.29, 0.717) is 17.1 Å². The maximum atomic E-state index is 12.4. The van der Waals surface area contributed by atoms with Gasteiger partial charge in [-0.2, -0.15) is 5.10 Å². The average molecular weight is 383 g/mol. The molecule has 3 aromatic rings. The van der Waals surface area contributed by atoms with Crippen molar-refractivity contribution in [1.82, 2.24) is 30.0 Å². The second kappa shape index (κ2) is 8.42. The van der Waals surface area contributed by atoms with E-state index in [9.17, 15) is 9.59 Å². The number of carbonyl (C=O) groups is 2. The fraction of sp³-hybridized carbons (Fsp3) is 0.333. The molecular weight excluding hydrogens is 362 g/mol. The lowest BCUT2D eigenvalue weighted by molar-refractivity contribution is -0.123. The zero-order valence-corrected chi connectivity index (χ0v) is 15.8. The van der Waals surface area contributed by atoms with E-state index in [0.717, 1.165) is 6.42 Å². The molecule has 0 aliphatic rings. The molecule has 2 heterocycles. The number of hydrogen-bond donors (Lipinski definition) is 1. The van der Waals surface area contributed by atoms with Crippen LogP contribution in [0.3, 0.4) is 0 Å². The lowest BCUT2D eigenvalue weighted by Gasteiger charge is -2.17. The zero-order valence-electron chi connectivity index (χ0n) is 15.8. The third-order valence-electron chi connectivity index (χ3n) is 4.30. The quantitative estimate of drug-likeness (QED) is 0.620. The van der Waals surface area contributed by atoms with E-state index in [1.807, 2.05) is 13.8 Å². The molecule has 0 spiro atoms. The van der Waals surface area contributed by atoms with Crippen LogP contribution >= 0.6 is 0 Å². The topological polar surface area (TPSA) is 117 Å². The number of rotatable bonds is 7. The standard InChI is InChI=1S/C18H21N7O3/c1-4-12(2)25-16(9-10-20-25)21-17(26)13(3)28-18(27)14-5-7-15(8-6-14)24-11-19-22-23-24/h5-13H,4H2,1-3H3,(H,21,26)/t12-,13-/m1/s1. The van der Waals surface area contributed by atoms with Crippen molar-refractivity contribution in [3.05, 3.63) is 48.4 Å². The molecule has 10 nitrogen and oxygen atoms in total. The molecule has 0 saturated carbocycles. The molecule has 146 valence electrons. The van der Waals surface area contributed by atoms with Crippen molar-refractivity contribution < 1.29 is 14.3 Å². The predicted octanol–water partition coefficient (Wildman–Crippen LogP) is 2.01. The smallest absolute Gasteiger partial charge is 0.338 e. The minimum Gasteiger partial charge on any atom is -0.449 e. The molecule has 0 aliphatic heterocycles. The van der Waals surface area contributed by atoms with E-state index in [-0.39, 0.29) is 6.04 Å². The number of nitrogens with one attached hydrogen (secondary N) is 1. The van der Waals surface area contributed by atoms with E-state index in [4.69, 9.17) is 4.74 Å². The molecule has 1 amide bonds. The fourth-order valence-electron chi connectivity index (χ4n) is 2.48. The van der Waals surface area contributed by atoms with E-state index < -0.39 is 18.0 Å². The molecule has 28 heavy (non-hydrogen) atoms. The van der Waals surface area contributed by atoms with Crippen molar-refractivity contribution in [1.29, 1.82) is 0 Å². The molecule has 2 atom stereocenters. The Morgan fingerprint density at radius 1 is 1.18 bits per heavy atom. The van der Waals surface area contributed by atoms with Crippen LogP contribution in [0.15, 0.2) is 42.9 Å². The van der Waals surface area contributed by atoms with Crippen LogP contribution in [-0.2, 0) is 9.53 Å². The number of hydrogen-bond acceptors (Lipinski definition) is 7. The minimum absolute atomic E-state index is 0.141. The average Bonchev–Trinajstić information content (AvgIpc) is 3.39. The number of esters is 1. The van der Waals surface area contributed by atoms with E-state index in [1.165, 1.54) is 17.9 Å². The molecule has 0 aliphatic carbocycles. The number of benzene rings is 1. The van der Waals surface area contributed by atoms with Gasteiger partial charge in [0.05, 0.1) is 23.5 Å². The number of amides is 1. The second-order valence-corrected chi connectivity index (χ2v) is 6.26. The SMILES string of the molecule is CC[C@@H](C)n1nccc1NC(=O)[C@@H](C)OC(=O)c1ccc(-n2cnnn2)cc1. The van der Waals surface area contributed by atoms with Gasteiger partial charge >= 0.3 is 5.97 Å². The fourth-order valence-corrected chi connectivity index (χ4v) is 2.48. The van der Waals surface area contributed by atoms with Crippen LogP contribution in [0.5, 0.6) is 0 Å². The van der Waals surface area contributed by atoms with Gasteiger partial charge in [-0.05, 0) is 55.0 Å². The first kappa shape index (κ1) is 19.2. The Hall–Kier alpha value is -3.56. The highest BCUT2D eigenvalue weighted by Crippen LogP contribution is 2.17. The first-order valence-electron chi connectivity index (χ1n) is 8.88. The van der Waals surface area contributed by atoms with Gasteiger partial charge < -0.3 is 10.1 Å². The van der Waals surface area contributed by atoms with Crippen LogP contribution in [0.1, 0.15) is 43.6 Å². The van der Waals surface area contributed by atoms with Gasteiger partial charge in [0.25, 0.3) is 5.91 Å². The second-order valence-electron chi connectivity index (χ2n) is 6.26. The first-order chi connectivity index (χ1) is 13.5. The summed E-state index contributed by atoms with van der Waals surface area (Å²) >= 11 is 0. The van der Waals surface area contributed by atoms with Gasteiger partial charge in [0.1, 0.15) is 12.1 Å². The summed E-state index contributed by atoms with van der Waals surface area (Å²) < 4.78 is 8.47. The molecule has 1 N–H and O–H groups in total. The van der Waals surface area contributed by atoms with Gasteiger partial charge in [-0.25, -0.2) is 14.2 Å². The normalized spacial score (nSPS) is 13.0. The van der Waals surface area contributed by atoms with Gasteiger partial charge in [-0.3, -0.25) is 4.79 Å². The molecule has 0 bridgehead atoms. The third-order valence-corrected chi connectivity index (χ3v) is 4.30. The van der Waals surface area contributed by atoms with Gasteiger partial charge in [-0.15, -0.1) is 5.10 Å².